The third-order valence-corrected chi connectivity index (χ3v) is 5.28. The Morgan fingerprint density at radius 2 is 1.43 bits per heavy atom. The van der Waals surface area contributed by atoms with Gasteiger partial charge in [-0.05, 0) is 25.3 Å². The first-order valence-electron chi connectivity index (χ1n) is 11.4. The summed E-state index contributed by atoms with van der Waals surface area (Å²) in [5.41, 5.74) is 11.5. The van der Waals surface area contributed by atoms with Gasteiger partial charge in [0.25, 0.3) is 0 Å². The smallest absolute Gasteiger partial charge is 0.326 e. The summed E-state index contributed by atoms with van der Waals surface area (Å²) >= 11 is 0. The van der Waals surface area contributed by atoms with Crippen molar-refractivity contribution in [2.45, 2.75) is 69.3 Å². The SMILES string of the molecule is CC(O)C(NC(=O)C(Cc1ccccc1)NC(=O)C(N)CCC(N)=O)C(=O)NC(CCC(=O)O)C(=O)O. The van der Waals surface area contributed by atoms with Crippen molar-refractivity contribution < 1.29 is 44.1 Å². The number of nitrogens with one attached hydrogen (secondary N) is 3. The molecule has 14 nitrogen and oxygen atoms in total. The summed E-state index contributed by atoms with van der Waals surface area (Å²) in [6.07, 6.45) is -2.68. The van der Waals surface area contributed by atoms with E-state index >= 15 is 0 Å². The van der Waals surface area contributed by atoms with E-state index in [1.54, 1.807) is 30.3 Å². The number of carboxylic acids is 2. The van der Waals surface area contributed by atoms with Crippen LogP contribution in [0.15, 0.2) is 30.3 Å². The highest BCUT2D eigenvalue weighted by Gasteiger charge is 2.33. The molecule has 0 saturated heterocycles. The number of rotatable bonds is 16. The number of aliphatic carboxylic acids is 2. The molecule has 0 aromatic heterocycles. The lowest BCUT2D eigenvalue weighted by Gasteiger charge is -2.26. The fourth-order valence-corrected chi connectivity index (χ4v) is 3.21. The van der Waals surface area contributed by atoms with Crippen molar-refractivity contribution in [3.8, 4) is 0 Å². The number of primary amides is 1. The number of hydrogen-bond donors (Lipinski definition) is 8. The van der Waals surface area contributed by atoms with E-state index in [0.29, 0.717) is 5.56 Å². The number of carbonyl (C=O) groups excluding carboxylic acids is 4. The molecule has 4 amide bonds. The van der Waals surface area contributed by atoms with E-state index in [1.807, 2.05) is 0 Å². The van der Waals surface area contributed by atoms with Crippen LogP contribution in [-0.4, -0.2) is 81.2 Å². The van der Waals surface area contributed by atoms with Gasteiger partial charge in [-0.15, -0.1) is 0 Å². The minimum absolute atomic E-state index is 0.0224. The van der Waals surface area contributed by atoms with E-state index in [4.69, 9.17) is 16.6 Å². The van der Waals surface area contributed by atoms with Gasteiger partial charge in [-0.3, -0.25) is 24.0 Å². The first-order chi connectivity index (χ1) is 17.3. The predicted octanol–water partition coefficient (Wildman–Crippen LogP) is -2.39. The van der Waals surface area contributed by atoms with E-state index in [0.717, 1.165) is 0 Å². The van der Waals surface area contributed by atoms with Crippen molar-refractivity contribution in [1.82, 2.24) is 16.0 Å². The van der Waals surface area contributed by atoms with Gasteiger partial charge in [-0.2, -0.15) is 0 Å². The molecule has 0 bridgehead atoms. The number of nitrogens with two attached hydrogens (primary N) is 2. The molecule has 0 aliphatic rings. The van der Waals surface area contributed by atoms with E-state index < -0.39 is 78.7 Å². The first kappa shape index (κ1) is 31.0. The lowest BCUT2D eigenvalue weighted by atomic mass is 10.0. The Balaban J connectivity index is 3.04. The maximum Gasteiger partial charge on any atom is 0.326 e. The van der Waals surface area contributed by atoms with Crippen LogP contribution in [0.1, 0.15) is 38.2 Å². The summed E-state index contributed by atoms with van der Waals surface area (Å²) in [4.78, 5) is 71.5. The topological polar surface area (TPSA) is 251 Å². The number of aliphatic hydroxyl groups excluding tert-OH is 1. The van der Waals surface area contributed by atoms with Gasteiger partial charge in [0, 0.05) is 19.3 Å². The van der Waals surface area contributed by atoms with Gasteiger partial charge < -0.3 is 42.7 Å². The summed E-state index contributed by atoms with van der Waals surface area (Å²) in [5, 5.41) is 35.0. The van der Waals surface area contributed by atoms with Crippen molar-refractivity contribution in [2.24, 2.45) is 11.5 Å². The Bertz CT molecular complexity index is 971. The summed E-state index contributed by atoms with van der Waals surface area (Å²) in [5.74, 6) is -6.12. The Hall–Kier alpha value is -4.04. The van der Waals surface area contributed by atoms with Crippen LogP contribution in [0, 0.1) is 0 Å². The van der Waals surface area contributed by atoms with Crippen LogP contribution in [-0.2, 0) is 35.2 Å². The first-order valence-corrected chi connectivity index (χ1v) is 11.4. The van der Waals surface area contributed by atoms with Gasteiger partial charge in [0.2, 0.25) is 23.6 Å². The van der Waals surface area contributed by atoms with Crippen molar-refractivity contribution in [2.75, 3.05) is 0 Å². The molecule has 0 heterocycles. The molecule has 0 fully saturated rings. The van der Waals surface area contributed by atoms with Crippen molar-refractivity contribution in [3.05, 3.63) is 35.9 Å². The molecular weight excluding hydrogens is 490 g/mol. The molecule has 5 atom stereocenters. The number of aliphatic hydroxyl groups is 1. The molecule has 37 heavy (non-hydrogen) atoms. The third kappa shape index (κ3) is 11.5. The number of amides is 4. The largest absolute Gasteiger partial charge is 0.481 e. The summed E-state index contributed by atoms with van der Waals surface area (Å²) in [7, 11) is 0. The standard InChI is InChI=1S/C23H33N5O9/c1-12(29)19(22(35)26-15(23(36)37)8-10-18(31)32)28-21(34)16(11-13-5-3-2-4-6-13)27-20(33)14(24)7-9-17(25)30/h2-6,12,14-16,19,29H,7-11,24H2,1H3,(H2,25,30)(H,26,35)(H,27,33)(H,28,34)(H,31,32)(H,36,37). The zero-order chi connectivity index (χ0) is 28.1. The highest BCUT2D eigenvalue weighted by Crippen LogP contribution is 2.07. The molecule has 204 valence electrons. The lowest BCUT2D eigenvalue weighted by Crippen LogP contribution is -2.60. The van der Waals surface area contributed by atoms with Gasteiger partial charge in [0.1, 0.15) is 18.1 Å². The number of benzene rings is 1. The van der Waals surface area contributed by atoms with Gasteiger partial charge in [-0.1, -0.05) is 30.3 Å². The minimum atomic E-state index is -1.63. The van der Waals surface area contributed by atoms with Crippen molar-refractivity contribution in [1.29, 1.82) is 0 Å². The molecule has 1 aromatic rings. The average molecular weight is 524 g/mol. The molecule has 5 unspecified atom stereocenters. The average Bonchev–Trinajstić information content (AvgIpc) is 2.82. The molecular formula is C23H33N5O9. The van der Waals surface area contributed by atoms with Crippen LogP contribution in [0.3, 0.4) is 0 Å². The van der Waals surface area contributed by atoms with Crippen molar-refractivity contribution in [3.63, 3.8) is 0 Å². The molecule has 1 aromatic carbocycles. The fraction of sp³-hybridized carbons (Fsp3) is 0.478. The summed E-state index contributed by atoms with van der Waals surface area (Å²) < 4.78 is 0. The van der Waals surface area contributed by atoms with Crippen LogP contribution < -0.4 is 27.4 Å². The molecule has 10 N–H and O–H groups in total. The predicted molar refractivity (Wildman–Crippen MR) is 129 cm³/mol. The molecule has 0 aliphatic heterocycles. The van der Waals surface area contributed by atoms with E-state index in [1.165, 1.54) is 6.92 Å². The lowest BCUT2D eigenvalue weighted by molar-refractivity contribution is -0.144. The molecule has 0 radical (unpaired) electrons. The quantitative estimate of drug-likeness (QED) is 0.114. The second-order valence-electron chi connectivity index (χ2n) is 8.42. The highest BCUT2D eigenvalue weighted by molar-refractivity contribution is 5.94. The van der Waals surface area contributed by atoms with Crippen LogP contribution in [0.25, 0.3) is 0 Å². The minimum Gasteiger partial charge on any atom is -0.481 e. The zero-order valence-corrected chi connectivity index (χ0v) is 20.3. The normalized spacial score (nSPS) is 14.8. The fourth-order valence-electron chi connectivity index (χ4n) is 3.21. The van der Waals surface area contributed by atoms with Gasteiger partial charge in [-0.25, -0.2) is 4.79 Å². The third-order valence-electron chi connectivity index (χ3n) is 5.28. The zero-order valence-electron chi connectivity index (χ0n) is 20.3. The molecule has 0 saturated carbocycles. The number of carboxylic acid groups (broad SMARTS) is 2. The summed E-state index contributed by atoms with van der Waals surface area (Å²) in [6, 6.07) is 2.93. The van der Waals surface area contributed by atoms with Gasteiger partial charge >= 0.3 is 11.9 Å². The van der Waals surface area contributed by atoms with Crippen LogP contribution in [0.4, 0.5) is 0 Å². The monoisotopic (exact) mass is 523 g/mol. The van der Waals surface area contributed by atoms with Crippen LogP contribution in [0.2, 0.25) is 0 Å². The Morgan fingerprint density at radius 1 is 0.838 bits per heavy atom. The Kier molecular flexibility index (Phi) is 12.7. The number of hydrogen-bond acceptors (Lipinski definition) is 8. The molecule has 0 aliphatic carbocycles. The second kappa shape index (κ2) is 15.2. The van der Waals surface area contributed by atoms with E-state index in [-0.39, 0.29) is 19.3 Å². The van der Waals surface area contributed by atoms with E-state index in [9.17, 15) is 39.0 Å². The Morgan fingerprint density at radius 3 is 1.95 bits per heavy atom. The molecule has 1 rings (SSSR count). The van der Waals surface area contributed by atoms with Crippen LogP contribution in [0.5, 0.6) is 0 Å². The van der Waals surface area contributed by atoms with E-state index in [2.05, 4.69) is 16.0 Å². The maximum absolute atomic E-state index is 13.1. The molecule has 14 heteroatoms. The van der Waals surface area contributed by atoms with Gasteiger partial charge in [0.15, 0.2) is 0 Å². The Labute approximate surface area is 212 Å². The highest BCUT2D eigenvalue weighted by atomic mass is 16.4. The van der Waals surface area contributed by atoms with Crippen LogP contribution >= 0.6 is 0 Å². The van der Waals surface area contributed by atoms with Gasteiger partial charge in [0.05, 0.1) is 12.1 Å². The summed E-state index contributed by atoms with van der Waals surface area (Å²) in [6.45, 7) is 1.18. The second-order valence-corrected chi connectivity index (χ2v) is 8.42. The van der Waals surface area contributed by atoms with Crippen molar-refractivity contribution >= 4 is 35.6 Å². The maximum atomic E-state index is 13.1. The number of carbonyl (C=O) groups is 6. The molecule has 0 spiro atoms.